The van der Waals surface area contributed by atoms with Crippen LogP contribution in [0, 0.1) is 23.2 Å². The van der Waals surface area contributed by atoms with Crippen molar-refractivity contribution in [3.63, 3.8) is 0 Å². The molecule has 4 aliphatic carbocycles. The third-order valence-electron chi connectivity index (χ3n) is 5.29. The van der Waals surface area contributed by atoms with Gasteiger partial charge >= 0.3 is 0 Å². The van der Waals surface area contributed by atoms with Gasteiger partial charge in [-0.25, -0.2) is 0 Å². The van der Waals surface area contributed by atoms with Gasteiger partial charge in [0.2, 0.25) is 0 Å². The Morgan fingerprint density at radius 2 is 1.44 bits per heavy atom. The van der Waals surface area contributed by atoms with Crippen LogP contribution in [0.3, 0.4) is 0 Å². The Balaban J connectivity index is 1.91. The predicted octanol–water partition coefficient (Wildman–Crippen LogP) is 3.74. The summed E-state index contributed by atoms with van der Waals surface area (Å²) in [4.78, 5) is 11.3. The number of carbonyl (C=O) groups excluding carboxylic acids is 1. The van der Waals surface area contributed by atoms with Crippen molar-refractivity contribution in [2.45, 2.75) is 52.4 Å². The van der Waals surface area contributed by atoms with Crippen molar-refractivity contribution in [3.8, 4) is 0 Å². The molecule has 0 saturated heterocycles. The van der Waals surface area contributed by atoms with Crippen molar-refractivity contribution in [1.29, 1.82) is 0 Å². The molecule has 4 rings (SSSR count). The van der Waals surface area contributed by atoms with Crippen LogP contribution in [0.5, 0.6) is 0 Å². The van der Waals surface area contributed by atoms with Crippen molar-refractivity contribution in [2.24, 2.45) is 23.2 Å². The summed E-state index contributed by atoms with van der Waals surface area (Å²) >= 11 is 0. The van der Waals surface area contributed by atoms with Gasteiger partial charge in [-0.15, -0.1) is 0 Å². The Morgan fingerprint density at radius 1 is 1.00 bits per heavy atom. The van der Waals surface area contributed by atoms with Crippen molar-refractivity contribution in [1.82, 2.24) is 0 Å². The minimum Gasteiger partial charge on any atom is -0.295 e. The van der Waals surface area contributed by atoms with Crippen LogP contribution >= 0.6 is 0 Å². The monoisotopic (exact) mass is 218 g/mol. The summed E-state index contributed by atoms with van der Waals surface area (Å²) in [6.45, 7) is 3.89. The minimum atomic E-state index is 0.230. The van der Waals surface area contributed by atoms with Crippen LogP contribution in [0.2, 0.25) is 0 Å². The van der Waals surface area contributed by atoms with Gasteiger partial charge in [0.15, 0.2) is 5.78 Å². The van der Waals surface area contributed by atoms with Crippen molar-refractivity contribution < 1.29 is 4.79 Å². The predicted molar refractivity (Wildman–Crippen MR) is 65.0 cm³/mol. The van der Waals surface area contributed by atoms with Crippen molar-refractivity contribution >= 4 is 5.78 Å². The van der Waals surface area contributed by atoms with Crippen LogP contribution in [-0.4, -0.2) is 5.78 Å². The van der Waals surface area contributed by atoms with Crippen LogP contribution in [0.4, 0.5) is 0 Å². The summed E-state index contributed by atoms with van der Waals surface area (Å²) in [5.74, 6) is 3.15. The summed E-state index contributed by atoms with van der Waals surface area (Å²) in [7, 11) is 0. The van der Waals surface area contributed by atoms with E-state index >= 15 is 0 Å². The number of carbonyl (C=O) groups is 1. The number of hydrogen-bond donors (Lipinski definition) is 0. The first-order chi connectivity index (χ1) is 7.57. The topological polar surface area (TPSA) is 17.1 Å². The molecule has 1 heteroatoms. The Labute approximate surface area is 98.3 Å². The van der Waals surface area contributed by atoms with Gasteiger partial charge in [0.25, 0.3) is 0 Å². The van der Waals surface area contributed by atoms with Gasteiger partial charge in [0.1, 0.15) is 0 Å². The maximum Gasteiger partial charge on any atom is 0.152 e. The molecule has 0 amide bonds. The first kappa shape index (κ1) is 10.6. The van der Waals surface area contributed by atoms with E-state index in [2.05, 4.69) is 6.92 Å². The summed E-state index contributed by atoms with van der Waals surface area (Å²) in [6.07, 6.45) is 10.5. The van der Waals surface area contributed by atoms with E-state index in [1.165, 1.54) is 44.1 Å². The number of hydrogen-bond acceptors (Lipinski definition) is 1. The zero-order chi connectivity index (χ0) is 11.3. The highest BCUT2D eigenvalue weighted by Gasteiger charge is 2.51. The first-order valence-corrected chi connectivity index (χ1v) is 6.77. The molecule has 0 unspecified atom stereocenters. The highest BCUT2D eigenvalue weighted by atomic mass is 16.1. The van der Waals surface area contributed by atoms with Gasteiger partial charge in [0.05, 0.1) is 0 Å². The normalized spacial score (nSPS) is 46.1. The van der Waals surface area contributed by atoms with E-state index in [0.717, 1.165) is 17.8 Å². The van der Waals surface area contributed by atoms with E-state index < -0.39 is 0 Å². The Morgan fingerprint density at radius 3 is 1.81 bits per heavy atom. The summed E-state index contributed by atoms with van der Waals surface area (Å²) in [6, 6.07) is 0. The molecule has 0 aromatic carbocycles. The summed E-state index contributed by atoms with van der Waals surface area (Å²) < 4.78 is 0. The standard InChI is InChI=1S/C15H22O/c1-10(3-11(2)16)15-7-12-4-13(8-15)6-14(5-12)9-15/h3,12-14H,4-9H2,1-2H3/b10-3-. The highest BCUT2D eigenvalue weighted by molar-refractivity contribution is 5.88. The van der Waals surface area contributed by atoms with E-state index in [-0.39, 0.29) is 5.78 Å². The Bertz CT molecular complexity index is 315. The Hall–Kier alpha value is -0.590. The van der Waals surface area contributed by atoms with Gasteiger partial charge in [-0.2, -0.15) is 0 Å². The third kappa shape index (κ3) is 1.56. The average Bonchev–Trinajstić information content (AvgIpc) is 2.13. The lowest BCUT2D eigenvalue weighted by molar-refractivity contribution is -0.112. The van der Waals surface area contributed by atoms with Gasteiger partial charge in [-0.05, 0) is 81.6 Å². The van der Waals surface area contributed by atoms with Gasteiger partial charge in [0, 0.05) is 0 Å². The Kier molecular flexibility index (Phi) is 2.28. The van der Waals surface area contributed by atoms with Crippen LogP contribution < -0.4 is 0 Å². The molecule has 1 nitrogen and oxygen atoms in total. The molecule has 88 valence electrons. The quantitative estimate of drug-likeness (QED) is 0.645. The summed E-state index contributed by atoms with van der Waals surface area (Å²) in [5, 5.41) is 0. The highest BCUT2D eigenvalue weighted by Crippen LogP contribution is 2.62. The van der Waals surface area contributed by atoms with Gasteiger partial charge < -0.3 is 0 Å². The van der Waals surface area contributed by atoms with E-state index in [1.807, 2.05) is 6.08 Å². The molecule has 0 atom stereocenters. The molecule has 4 saturated carbocycles. The number of ketones is 1. The van der Waals surface area contributed by atoms with Crippen molar-refractivity contribution in [2.75, 3.05) is 0 Å². The van der Waals surface area contributed by atoms with Crippen LogP contribution in [0.25, 0.3) is 0 Å². The van der Waals surface area contributed by atoms with Gasteiger partial charge in [-0.1, -0.05) is 5.57 Å². The molecule has 4 aliphatic rings. The molecule has 0 heterocycles. The molecular formula is C15H22O. The van der Waals surface area contributed by atoms with E-state index in [1.54, 1.807) is 6.92 Å². The number of rotatable bonds is 2. The number of allylic oxidation sites excluding steroid dienone is 2. The smallest absolute Gasteiger partial charge is 0.152 e. The molecule has 0 aromatic heterocycles. The molecule has 0 aromatic rings. The second-order valence-electron chi connectivity index (χ2n) is 6.64. The largest absolute Gasteiger partial charge is 0.295 e. The SMILES string of the molecule is CC(=O)/C=C(/C)C12CC3CC(CC(C3)C1)C2. The fourth-order valence-electron chi connectivity index (χ4n) is 5.05. The molecule has 16 heavy (non-hydrogen) atoms. The second-order valence-corrected chi connectivity index (χ2v) is 6.64. The minimum absolute atomic E-state index is 0.230. The third-order valence-corrected chi connectivity index (χ3v) is 5.29. The second kappa shape index (κ2) is 3.45. The lowest BCUT2D eigenvalue weighted by Gasteiger charge is -2.57. The van der Waals surface area contributed by atoms with E-state index in [0.29, 0.717) is 5.41 Å². The lowest BCUT2D eigenvalue weighted by atomic mass is 9.48. The fourth-order valence-corrected chi connectivity index (χ4v) is 5.05. The maximum absolute atomic E-state index is 11.3. The fraction of sp³-hybridized carbons (Fsp3) is 0.800. The van der Waals surface area contributed by atoms with Crippen LogP contribution in [-0.2, 0) is 4.79 Å². The molecule has 0 radical (unpaired) electrons. The van der Waals surface area contributed by atoms with Gasteiger partial charge in [-0.3, -0.25) is 4.79 Å². The molecule has 0 spiro atoms. The van der Waals surface area contributed by atoms with E-state index in [9.17, 15) is 4.79 Å². The molecule has 0 N–H and O–H groups in total. The van der Waals surface area contributed by atoms with Crippen molar-refractivity contribution in [3.05, 3.63) is 11.6 Å². The van der Waals surface area contributed by atoms with Crippen LogP contribution in [0.15, 0.2) is 11.6 Å². The zero-order valence-electron chi connectivity index (χ0n) is 10.5. The summed E-state index contributed by atoms with van der Waals surface area (Å²) in [5.41, 5.74) is 1.82. The lowest BCUT2D eigenvalue weighted by Crippen LogP contribution is -2.46. The van der Waals surface area contributed by atoms with E-state index in [4.69, 9.17) is 0 Å². The average molecular weight is 218 g/mol. The maximum atomic E-state index is 11.3. The van der Waals surface area contributed by atoms with Crippen LogP contribution in [0.1, 0.15) is 52.4 Å². The zero-order valence-corrected chi connectivity index (χ0v) is 10.5. The molecule has 4 fully saturated rings. The first-order valence-electron chi connectivity index (χ1n) is 6.77. The molecule has 4 bridgehead atoms. The molecular weight excluding hydrogens is 196 g/mol. The molecule has 0 aliphatic heterocycles.